The van der Waals surface area contributed by atoms with Gasteiger partial charge in [0.1, 0.15) is 0 Å². The van der Waals surface area contributed by atoms with Gasteiger partial charge in [-0.05, 0) is 103 Å². The third-order valence-electron chi connectivity index (χ3n) is 9.80. The molecule has 0 radical (unpaired) electrons. The number of benzene rings is 1. The number of alkyl halides is 3. The molecule has 1 aromatic rings. The van der Waals surface area contributed by atoms with Crippen LogP contribution in [-0.4, -0.2) is 5.78 Å². The highest BCUT2D eigenvalue weighted by Gasteiger charge is 2.60. The van der Waals surface area contributed by atoms with Gasteiger partial charge in [0.15, 0.2) is 5.78 Å². The molecule has 0 spiro atoms. The molecule has 0 amide bonds. The van der Waals surface area contributed by atoms with Gasteiger partial charge in [-0.1, -0.05) is 38.8 Å². The minimum atomic E-state index is -4.33. The largest absolute Gasteiger partial charge is 0.416 e. The summed E-state index contributed by atoms with van der Waals surface area (Å²) >= 11 is 0. The number of rotatable bonds is 1. The molecule has 5 rings (SSSR count). The van der Waals surface area contributed by atoms with Crippen LogP contribution in [0.4, 0.5) is 13.2 Å². The van der Waals surface area contributed by atoms with Gasteiger partial charge in [0, 0.05) is 5.41 Å². The maximum absolute atomic E-state index is 13.5. The van der Waals surface area contributed by atoms with Crippen LogP contribution in [0, 0.1) is 34.5 Å². The van der Waals surface area contributed by atoms with Crippen molar-refractivity contribution in [3.05, 3.63) is 41.0 Å². The van der Waals surface area contributed by atoms with E-state index in [1.165, 1.54) is 50.7 Å². The fraction of sp³-hybridized carbons (Fsp3) is 0.667. The van der Waals surface area contributed by atoms with E-state index in [2.05, 4.69) is 13.8 Å². The number of ketones is 1. The minimum Gasteiger partial charge on any atom is -0.294 e. The predicted molar refractivity (Wildman–Crippen MR) is 116 cm³/mol. The van der Waals surface area contributed by atoms with Crippen molar-refractivity contribution in [1.82, 2.24) is 0 Å². The molecule has 0 heterocycles. The third kappa shape index (κ3) is 3.31. The number of hydrogen-bond donors (Lipinski definition) is 0. The smallest absolute Gasteiger partial charge is 0.294 e. The van der Waals surface area contributed by atoms with E-state index in [0.29, 0.717) is 22.8 Å². The van der Waals surface area contributed by atoms with Gasteiger partial charge in [-0.3, -0.25) is 4.79 Å². The summed E-state index contributed by atoms with van der Waals surface area (Å²) in [5, 5.41) is 0. The molecular weight excluding hydrogens is 397 g/mol. The monoisotopic (exact) mass is 430 g/mol. The first-order valence-electron chi connectivity index (χ1n) is 12.1. The molecule has 4 fully saturated rings. The zero-order valence-electron chi connectivity index (χ0n) is 18.6. The Bertz CT molecular complexity index is 898. The second-order valence-corrected chi connectivity index (χ2v) is 11.2. The molecule has 0 aromatic heterocycles. The molecular formula is C27H33F3O. The number of Topliss-reactive ketones (excluding diaryl/α,β-unsaturated/α-hetero) is 1. The highest BCUT2D eigenvalue weighted by molar-refractivity contribution is 6.05. The predicted octanol–water partition coefficient (Wildman–Crippen LogP) is 7.70. The van der Waals surface area contributed by atoms with Crippen LogP contribution in [0.3, 0.4) is 0 Å². The molecule has 4 saturated carbocycles. The van der Waals surface area contributed by atoms with Crippen molar-refractivity contribution in [2.24, 2.45) is 34.5 Å². The van der Waals surface area contributed by atoms with E-state index < -0.39 is 11.7 Å². The van der Waals surface area contributed by atoms with Gasteiger partial charge < -0.3 is 0 Å². The second kappa shape index (κ2) is 7.22. The molecule has 4 aliphatic carbocycles. The van der Waals surface area contributed by atoms with E-state index in [1.807, 2.05) is 6.08 Å². The molecule has 1 nitrogen and oxygen atoms in total. The van der Waals surface area contributed by atoms with Gasteiger partial charge >= 0.3 is 6.18 Å². The van der Waals surface area contributed by atoms with Crippen molar-refractivity contribution >= 4 is 11.9 Å². The Morgan fingerprint density at radius 1 is 0.935 bits per heavy atom. The summed E-state index contributed by atoms with van der Waals surface area (Å²) in [7, 11) is 0. The molecule has 168 valence electrons. The SMILES string of the molecule is C[C@@]12CCCC[C@@H]1CC[C@H]1[C@H]2CC[C@]2(C)C(=O)/C(=C/c3ccc(C(F)(F)F)cc3)C[C@@H]12. The average molecular weight is 431 g/mol. The van der Waals surface area contributed by atoms with Crippen LogP contribution in [-0.2, 0) is 11.0 Å². The minimum absolute atomic E-state index is 0.242. The summed E-state index contributed by atoms with van der Waals surface area (Å²) < 4.78 is 38.6. The van der Waals surface area contributed by atoms with Crippen LogP contribution in [0.2, 0.25) is 0 Å². The van der Waals surface area contributed by atoms with Crippen LogP contribution in [0.1, 0.15) is 82.8 Å². The van der Waals surface area contributed by atoms with E-state index in [-0.39, 0.29) is 11.2 Å². The summed E-state index contributed by atoms with van der Waals surface area (Å²) in [6.45, 7) is 4.70. The van der Waals surface area contributed by atoms with Gasteiger partial charge in [-0.15, -0.1) is 0 Å². The summed E-state index contributed by atoms with van der Waals surface area (Å²) in [4.78, 5) is 13.5. The van der Waals surface area contributed by atoms with Crippen molar-refractivity contribution in [3.63, 3.8) is 0 Å². The van der Waals surface area contributed by atoms with Crippen LogP contribution < -0.4 is 0 Å². The van der Waals surface area contributed by atoms with E-state index in [9.17, 15) is 18.0 Å². The van der Waals surface area contributed by atoms with E-state index in [0.717, 1.165) is 48.8 Å². The van der Waals surface area contributed by atoms with Gasteiger partial charge in [0.2, 0.25) is 0 Å². The first kappa shape index (κ1) is 21.3. The van der Waals surface area contributed by atoms with Crippen LogP contribution in [0.5, 0.6) is 0 Å². The Kier molecular flexibility index (Phi) is 4.95. The molecule has 0 bridgehead atoms. The number of allylic oxidation sites excluding steroid dienone is 1. The lowest BCUT2D eigenvalue weighted by Crippen LogP contribution is -2.52. The summed E-state index contributed by atoms with van der Waals surface area (Å²) in [5.41, 5.74) is 1.01. The quantitative estimate of drug-likeness (QED) is 0.417. The van der Waals surface area contributed by atoms with Crippen molar-refractivity contribution in [2.75, 3.05) is 0 Å². The molecule has 31 heavy (non-hydrogen) atoms. The average Bonchev–Trinajstić information content (AvgIpc) is 2.98. The van der Waals surface area contributed by atoms with Gasteiger partial charge in [-0.25, -0.2) is 0 Å². The van der Waals surface area contributed by atoms with Gasteiger partial charge in [0.05, 0.1) is 5.56 Å². The summed E-state index contributed by atoms with van der Waals surface area (Å²) in [6.07, 6.45) is 8.40. The van der Waals surface area contributed by atoms with Crippen LogP contribution in [0.25, 0.3) is 6.08 Å². The number of fused-ring (bicyclic) bond motifs is 5. The van der Waals surface area contributed by atoms with Crippen LogP contribution in [0.15, 0.2) is 29.8 Å². The lowest BCUT2D eigenvalue weighted by molar-refractivity contribution is -0.138. The molecule has 0 N–H and O–H groups in total. The molecule has 6 atom stereocenters. The van der Waals surface area contributed by atoms with Crippen molar-refractivity contribution in [1.29, 1.82) is 0 Å². The molecule has 0 aliphatic heterocycles. The van der Waals surface area contributed by atoms with Crippen LogP contribution >= 0.6 is 0 Å². The number of hydrogen-bond acceptors (Lipinski definition) is 1. The Morgan fingerprint density at radius 3 is 2.39 bits per heavy atom. The molecule has 0 saturated heterocycles. The summed E-state index contributed by atoms with van der Waals surface area (Å²) in [6, 6.07) is 5.21. The Hall–Kier alpha value is -1.58. The first-order valence-corrected chi connectivity index (χ1v) is 12.1. The maximum atomic E-state index is 13.5. The fourth-order valence-corrected chi connectivity index (χ4v) is 8.06. The standard InChI is InChI=1S/C27H33F3O/c1-25-13-4-3-5-19(25)10-11-21-22(25)12-14-26(2)23(21)16-18(24(26)31)15-17-6-8-20(9-7-17)27(28,29)30/h6-9,15,19,21-23H,3-5,10-14,16H2,1-2H3/b18-15+/t19-,21+,22-,23+,25-,26+/m1/s1. The lowest BCUT2D eigenvalue weighted by Gasteiger charge is -2.59. The number of carbonyl (C=O) groups excluding carboxylic acids is 1. The van der Waals surface area contributed by atoms with Crippen molar-refractivity contribution < 1.29 is 18.0 Å². The van der Waals surface area contributed by atoms with E-state index in [1.54, 1.807) is 0 Å². The first-order chi connectivity index (χ1) is 14.6. The normalized spacial score (nSPS) is 41.6. The molecule has 4 heteroatoms. The van der Waals surface area contributed by atoms with Gasteiger partial charge in [0.25, 0.3) is 0 Å². The highest BCUT2D eigenvalue weighted by Crippen LogP contribution is 2.66. The number of carbonyl (C=O) groups is 1. The van der Waals surface area contributed by atoms with E-state index in [4.69, 9.17) is 0 Å². The topological polar surface area (TPSA) is 17.1 Å². The third-order valence-corrected chi connectivity index (χ3v) is 9.80. The Labute approximate surface area is 183 Å². The Balaban J connectivity index is 1.42. The zero-order chi connectivity index (χ0) is 22.0. The molecule has 4 aliphatic rings. The van der Waals surface area contributed by atoms with Gasteiger partial charge in [-0.2, -0.15) is 13.2 Å². The molecule has 0 unspecified atom stereocenters. The summed E-state index contributed by atoms with van der Waals surface area (Å²) in [5.74, 6) is 2.82. The number of halogens is 3. The zero-order valence-corrected chi connectivity index (χ0v) is 18.6. The van der Waals surface area contributed by atoms with Crippen molar-refractivity contribution in [2.45, 2.75) is 77.8 Å². The second-order valence-electron chi connectivity index (χ2n) is 11.2. The van der Waals surface area contributed by atoms with E-state index >= 15 is 0 Å². The molecule has 1 aromatic carbocycles. The fourth-order valence-electron chi connectivity index (χ4n) is 8.06. The van der Waals surface area contributed by atoms with Crippen molar-refractivity contribution in [3.8, 4) is 0 Å². The maximum Gasteiger partial charge on any atom is 0.416 e. The Morgan fingerprint density at radius 2 is 1.68 bits per heavy atom. The lowest BCUT2D eigenvalue weighted by atomic mass is 9.45. The highest BCUT2D eigenvalue weighted by atomic mass is 19.4.